The topological polar surface area (TPSA) is 94.5 Å². The number of nitrogens with zero attached hydrogens (tertiary/aromatic N) is 6. The second-order valence-electron chi connectivity index (χ2n) is 8.53. The average molecular weight is 448 g/mol. The fraction of sp³-hybridized carbons (Fsp3) is 0.0833. The molecule has 0 bridgehead atoms. The van der Waals surface area contributed by atoms with E-state index in [1.54, 1.807) is 21.2 Å². The largest absolute Gasteiger partial charge is 0.276 e. The minimum absolute atomic E-state index is 0.208. The van der Waals surface area contributed by atoms with E-state index in [1.165, 1.54) is 11.3 Å². The number of benzene rings is 1. The van der Waals surface area contributed by atoms with Gasteiger partial charge in [-0.15, -0.1) is 11.3 Å². The Balaban J connectivity index is 1.68. The van der Waals surface area contributed by atoms with Crippen molar-refractivity contribution in [3.8, 4) is 0 Å². The molecule has 7 aromatic heterocycles. The van der Waals surface area contributed by atoms with Gasteiger partial charge in [0.1, 0.15) is 31.7 Å². The van der Waals surface area contributed by atoms with Crippen LogP contribution in [0, 0.1) is 13.8 Å². The molecule has 8 nitrogen and oxygen atoms in total. The van der Waals surface area contributed by atoms with Gasteiger partial charge in [-0.25, -0.2) is 28.7 Å². The summed E-state index contributed by atoms with van der Waals surface area (Å²) < 4.78 is 4.18. The van der Waals surface area contributed by atoms with Gasteiger partial charge in [0, 0.05) is 33.9 Å². The van der Waals surface area contributed by atoms with Gasteiger partial charge in [0.05, 0.1) is 0 Å². The zero-order valence-electron chi connectivity index (χ0n) is 17.4. The molecule has 0 aliphatic carbocycles. The molecule has 1 aromatic carbocycles. The normalized spacial score (nSPS) is 12.8. The number of fused-ring (bicyclic) bond motifs is 8. The molecule has 0 saturated carbocycles. The van der Waals surface area contributed by atoms with E-state index in [-0.39, 0.29) is 11.1 Å². The minimum atomic E-state index is -0.208. The summed E-state index contributed by atoms with van der Waals surface area (Å²) in [6.45, 7) is 3.89. The molecule has 156 valence electrons. The predicted molar refractivity (Wildman–Crippen MR) is 129 cm³/mol. The van der Waals surface area contributed by atoms with E-state index in [9.17, 15) is 9.59 Å². The molecular weight excluding hydrogens is 436 g/mol. The lowest BCUT2D eigenvalue weighted by molar-refractivity contribution is 1.15. The quantitative estimate of drug-likeness (QED) is 0.328. The Morgan fingerprint density at radius 1 is 0.697 bits per heavy atom. The highest BCUT2D eigenvalue weighted by atomic mass is 32.1. The Morgan fingerprint density at radius 2 is 1.15 bits per heavy atom. The minimum Gasteiger partial charge on any atom is -0.267 e. The van der Waals surface area contributed by atoms with E-state index >= 15 is 0 Å². The highest BCUT2D eigenvalue weighted by Crippen LogP contribution is 2.40. The Bertz CT molecular complexity index is 2100. The maximum Gasteiger partial charge on any atom is 0.276 e. The van der Waals surface area contributed by atoms with Gasteiger partial charge in [0.25, 0.3) is 11.1 Å². The van der Waals surface area contributed by atoms with Crippen molar-refractivity contribution in [2.24, 2.45) is 0 Å². The molecule has 33 heavy (non-hydrogen) atoms. The van der Waals surface area contributed by atoms with Crippen LogP contribution >= 0.6 is 11.3 Å². The summed E-state index contributed by atoms with van der Waals surface area (Å²) in [4.78, 5) is 45.7. The van der Waals surface area contributed by atoms with Gasteiger partial charge in [0.2, 0.25) is 0 Å². The van der Waals surface area contributed by atoms with Gasteiger partial charge in [-0.05, 0) is 49.2 Å². The van der Waals surface area contributed by atoms with Crippen molar-refractivity contribution in [3.63, 3.8) is 0 Å². The van der Waals surface area contributed by atoms with Crippen LogP contribution in [0.3, 0.4) is 0 Å². The molecule has 0 amide bonds. The molecule has 7 heterocycles. The van der Waals surface area contributed by atoms with Crippen molar-refractivity contribution in [1.82, 2.24) is 28.7 Å². The van der Waals surface area contributed by atoms with Crippen molar-refractivity contribution in [2.45, 2.75) is 13.8 Å². The monoisotopic (exact) mass is 448 g/mol. The SMILES string of the molecule is Cc1cnc2c(c1)nc1c3ccc4c5c(sc(c(=O)n21)c35)c(=O)n1c2ncc(C)cc2nc41. The molecule has 0 aliphatic rings. The number of hydrogen-bond acceptors (Lipinski definition) is 7. The van der Waals surface area contributed by atoms with Crippen LogP contribution in [0.2, 0.25) is 0 Å². The molecule has 8 rings (SSSR count). The highest BCUT2D eigenvalue weighted by Gasteiger charge is 2.25. The lowest BCUT2D eigenvalue weighted by Crippen LogP contribution is -2.12. The predicted octanol–water partition coefficient (Wildman–Crippen LogP) is 3.81. The average Bonchev–Trinajstić information content (AvgIpc) is 3.48. The highest BCUT2D eigenvalue weighted by molar-refractivity contribution is 7.26. The fourth-order valence-corrected chi connectivity index (χ4v) is 6.22. The first-order valence-electron chi connectivity index (χ1n) is 10.4. The zero-order chi connectivity index (χ0) is 22.2. The molecule has 0 saturated heterocycles. The number of rotatable bonds is 0. The van der Waals surface area contributed by atoms with Crippen LogP contribution in [-0.4, -0.2) is 28.7 Å². The maximum atomic E-state index is 13.6. The molecule has 0 aliphatic heterocycles. The standard InChI is InChI=1S/C24H12N6O2S/c1-9-5-13-21(25-7-9)29-19(27-13)11-3-4-12-16-15(11)17(23(29)31)33-18(16)24(32)30-20(12)28-14-6-10(2)8-26-22(14)30/h3-8H,1-2H3. The van der Waals surface area contributed by atoms with E-state index in [4.69, 9.17) is 9.97 Å². The van der Waals surface area contributed by atoms with Crippen LogP contribution in [0.4, 0.5) is 0 Å². The third kappa shape index (κ3) is 1.89. The lowest BCUT2D eigenvalue weighted by Gasteiger charge is -2.04. The number of hydrogen-bond donors (Lipinski definition) is 0. The van der Waals surface area contributed by atoms with Gasteiger partial charge in [-0.1, -0.05) is 0 Å². The van der Waals surface area contributed by atoms with Gasteiger partial charge < -0.3 is 0 Å². The van der Waals surface area contributed by atoms with Crippen molar-refractivity contribution >= 4 is 75.9 Å². The number of thiophene rings is 1. The summed E-state index contributed by atoms with van der Waals surface area (Å²) in [5.74, 6) is 0. The second-order valence-corrected chi connectivity index (χ2v) is 9.55. The van der Waals surface area contributed by atoms with Crippen LogP contribution in [0.5, 0.6) is 0 Å². The van der Waals surface area contributed by atoms with Crippen LogP contribution in [-0.2, 0) is 0 Å². The summed E-state index contributed by atoms with van der Waals surface area (Å²) in [5.41, 5.74) is 5.06. The smallest absolute Gasteiger partial charge is 0.267 e. The summed E-state index contributed by atoms with van der Waals surface area (Å²) in [6, 6.07) is 7.78. The zero-order valence-corrected chi connectivity index (χ0v) is 18.2. The van der Waals surface area contributed by atoms with E-state index in [0.717, 1.165) is 32.7 Å². The third-order valence-corrected chi connectivity index (χ3v) is 7.57. The van der Waals surface area contributed by atoms with Crippen LogP contribution in [0.25, 0.3) is 64.6 Å². The molecule has 0 spiro atoms. The van der Waals surface area contributed by atoms with E-state index in [0.29, 0.717) is 43.0 Å². The van der Waals surface area contributed by atoms with E-state index in [2.05, 4.69) is 9.97 Å². The van der Waals surface area contributed by atoms with E-state index < -0.39 is 0 Å². The maximum absolute atomic E-state index is 13.6. The number of aromatic nitrogens is 6. The van der Waals surface area contributed by atoms with E-state index in [1.807, 2.05) is 38.1 Å². The van der Waals surface area contributed by atoms with Crippen LogP contribution in [0.1, 0.15) is 11.1 Å². The fourth-order valence-electron chi connectivity index (χ4n) is 5.03. The number of aryl methyl sites for hydroxylation is 2. The molecule has 0 fully saturated rings. The molecule has 0 unspecified atom stereocenters. The molecule has 0 N–H and O–H groups in total. The van der Waals surface area contributed by atoms with Crippen molar-refractivity contribution in [3.05, 3.63) is 68.5 Å². The lowest BCUT2D eigenvalue weighted by atomic mass is 10.0. The Morgan fingerprint density at radius 3 is 1.61 bits per heavy atom. The molecular formula is C24H12N6O2S. The number of pyridine rings is 4. The van der Waals surface area contributed by atoms with Gasteiger partial charge in [0.15, 0.2) is 11.3 Å². The van der Waals surface area contributed by atoms with Gasteiger partial charge >= 0.3 is 0 Å². The third-order valence-electron chi connectivity index (χ3n) is 6.41. The van der Waals surface area contributed by atoms with Gasteiger partial charge in [-0.2, -0.15) is 0 Å². The Kier molecular flexibility index (Phi) is 2.83. The number of imidazole rings is 2. The van der Waals surface area contributed by atoms with Crippen LogP contribution < -0.4 is 11.1 Å². The Labute approximate surface area is 187 Å². The summed E-state index contributed by atoms with van der Waals surface area (Å²) in [6.07, 6.45) is 3.46. The first-order valence-corrected chi connectivity index (χ1v) is 11.2. The van der Waals surface area contributed by atoms with Crippen molar-refractivity contribution in [2.75, 3.05) is 0 Å². The molecule has 0 atom stereocenters. The van der Waals surface area contributed by atoms with Crippen LogP contribution in [0.15, 0.2) is 46.2 Å². The second kappa shape index (κ2) is 5.38. The first-order chi connectivity index (χ1) is 16.0. The van der Waals surface area contributed by atoms with Crippen molar-refractivity contribution in [1.29, 1.82) is 0 Å². The molecule has 0 radical (unpaired) electrons. The summed E-state index contributed by atoms with van der Waals surface area (Å²) in [7, 11) is 0. The summed E-state index contributed by atoms with van der Waals surface area (Å²) in [5, 5.41) is 3.20. The Hall–Kier alpha value is -4.24. The van der Waals surface area contributed by atoms with Gasteiger partial charge in [-0.3, -0.25) is 9.59 Å². The van der Waals surface area contributed by atoms with Crippen molar-refractivity contribution < 1.29 is 0 Å². The first kappa shape index (κ1) is 17.3. The summed E-state index contributed by atoms with van der Waals surface area (Å²) >= 11 is 1.23. The molecule has 9 heteroatoms. The molecule has 8 aromatic rings.